The Balaban J connectivity index is 1.39. The van der Waals surface area contributed by atoms with Gasteiger partial charge in [-0.05, 0) is 81.1 Å². The Bertz CT molecular complexity index is 894. The number of unbranched alkanes of at least 4 members (excludes halogenated alkanes) is 1. The maximum atomic E-state index is 11.7. The van der Waals surface area contributed by atoms with Crippen LogP contribution in [-0.2, 0) is 4.79 Å². The highest BCUT2D eigenvalue weighted by Crippen LogP contribution is 2.26. The van der Waals surface area contributed by atoms with E-state index in [1.807, 2.05) is 6.08 Å². The molecule has 172 valence electrons. The van der Waals surface area contributed by atoms with Gasteiger partial charge >= 0.3 is 0 Å². The van der Waals surface area contributed by atoms with E-state index in [2.05, 4.69) is 44.6 Å². The summed E-state index contributed by atoms with van der Waals surface area (Å²) in [6.07, 6.45) is 14.7. The van der Waals surface area contributed by atoms with Gasteiger partial charge in [-0.25, -0.2) is 9.97 Å². The number of nitrogens with zero attached hydrogens (tertiary/aromatic N) is 3. The van der Waals surface area contributed by atoms with Crippen LogP contribution in [0.25, 0.3) is 6.08 Å². The quantitative estimate of drug-likeness (QED) is 0.293. The molecule has 0 spiro atoms. The topological polar surface area (TPSA) is 87.2 Å². The van der Waals surface area contributed by atoms with Crippen LogP contribution < -0.4 is 15.5 Å². The van der Waals surface area contributed by atoms with E-state index in [0.717, 1.165) is 75.1 Å². The van der Waals surface area contributed by atoms with Crippen molar-refractivity contribution in [3.05, 3.63) is 46.1 Å². The fraction of sp³-hybridized carbons (Fsp3) is 0.478. The zero-order valence-corrected chi connectivity index (χ0v) is 19.9. The summed E-state index contributed by atoms with van der Waals surface area (Å²) in [6.45, 7) is 5.92. The van der Waals surface area contributed by atoms with E-state index in [4.69, 9.17) is 11.6 Å². The molecule has 0 aromatic carbocycles. The van der Waals surface area contributed by atoms with Crippen molar-refractivity contribution in [1.82, 2.24) is 20.6 Å². The van der Waals surface area contributed by atoms with Crippen molar-refractivity contribution >= 4 is 46.5 Å². The maximum Gasteiger partial charge on any atom is 0.290 e. The Kier molecular flexibility index (Phi) is 9.77. The molecule has 3 heterocycles. The van der Waals surface area contributed by atoms with Crippen molar-refractivity contribution in [2.45, 2.75) is 39.0 Å². The summed E-state index contributed by atoms with van der Waals surface area (Å²) in [4.78, 5) is 34.6. The number of rotatable bonds is 10. The van der Waals surface area contributed by atoms with Gasteiger partial charge in [0, 0.05) is 24.3 Å². The number of hydrogen-bond acceptors (Lipinski definition) is 7. The minimum Gasteiger partial charge on any atom is -0.341 e. The first-order valence-electron chi connectivity index (χ1n) is 11.1. The molecule has 32 heavy (non-hydrogen) atoms. The van der Waals surface area contributed by atoms with Crippen LogP contribution in [0.4, 0.5) is 10.7 Å². The molecule has 0 bridgehead atoms. The van der Waals surface area contributed by atoms with E-state index in [1.165, 1.54) is 0 Å². The second kappa shape index (κ2) is 12.8. The molecule has 1 aromatic heterocycles. The summed E-state index contributed by atoms with van der Waals surface area (Å²) < 4.78 is 0. The molecule has 2 saturated heterocycles. The van der Waals surface area contributed by atoms with Gasteiger partial charge in [0.2, 0.25) is 5.95 Å². The number of piperidine rings is 1. The van der Waals surface area contributed by atoms with E-state index in [0.29, 0.717) is 22.5 Å². The van der Waals surface area contributed by atoms with Gasteiger partial charge in [0.15, 0.2) is 0 Å². The smallest absolute Gasteiger partial charge is 0.290 e. The molecule has 0 radical (unpaired) electrons. The predicted octanol–water partition coefficient (Wildman–Crippen LogP) is 4.48. The standard InChI is InChI=1S/C23H30ClN5O2S/c1-2-3-6-18(24)7-4-5-11-25-16-17-9-13-29(14-10-17)22-26-12-8-19(27-22)15-20-21(30)28-23(31)32-20/h3,6-8,12,15,17,25H,2,4-5,9-11,13-14,16H2,1H3,(H,28,30,31)/b6-3-,18-7+,20-15-. The van der Waals surface area contributed by atoms with E-state index in [1.54, 1.807) is 18.3 Å². The van der Waals surface area contributed by atoms with Gasteiger partial charge in [0.05, 0.1) is 10.6 Å². The minimum atomic E-state index is -0.374. The van der Waals surface area contributed by atoms with Crippen molar-refractivity contribution in [2.24, 2.45) is 5.92 Å². The van der Waals surface area contributed by atoms with E-state index in [-0.39, 0.29) is 11.1 Å². The molecule has 0 aliphatic carbocycles. The summed E-state index contributed by atoms with van der Waals surface area (Å²) >= 11 is 7.02. The highest BCUT2D eigenvalue weighted by molar-refractivity contribution is 8.18. The molecule has 9 heteroatoms. The lowest BCUT2D eigenvalue weighted by Gasteiger charge is -2.32. The van der Waals surface area contributed by atoms with E-state index < -0.39 is 0 Å². The summed E-state index contributed by atoms with van der Waals surface area (Å²) in [5.41, 5.74) is 0.630. The molecule has 2 aliphatic heterocycles. The number of hydrogen-bond donors (Lipinski definition) is 2. The van der Waals surface area contributed by atoms with Crippen molar-refractivity contribution in [1.29, 1.82) is 0 Å². The summed E-state index contributed by atoms with van der Waals surface area (Å²) in [7, 11) is 0. The molecular formula is C23H30ClN5O2S. The van der Waals surface area contributed by atoms with Crippen LogP contribution in [0.1, 0.15) is 44.7 Å². The maximum absolute atomic E-state index is 11.7. The number of aromatic nitrogens is 2. The number of imide groups is 1. The SMILES string of the molecule is CC/C=C\C(Cl)=C/CCCNCC1CCN(c2nccc(/C=C3\SC(=O)NC3=O)n2)CC1. The summed E-state index contributed by atoms with van der Waals surface area (Å²) in [5, 5.41) is 6.29. The van der Waals surface area contributed by atoms with Crippen LogP contribution in [0.3, 0.4) is 0 Å². The Labute approximate surface area is 198 Å². The molecule has 0 saturated carbocycles. The van der Waals surface area contributed by atoms with Crippen LogP contribution in [-0.4, -0.2) is 47.3 Å². The first kappa shape index (κ1) is 24.5. The number of anilines is 1. The third kappa shape index (κ3) is 7.76. The van der Waals surface area contributed by atoms with Gasteiger partial charge in [0.1, 0.15) is 0 Å². The van der Waals surface area contributed by atoms with Gasteiger partial charge in [0.25, 0.3) is 11.1 Å². The van der Waals surface area contributed by atoms with Crippen LogP contribution in [0, 0.1) is 5.92 Å². The number of thioether (sulfide) groups is 1. The summed E-state index contributed by atoms with van der Waals surface area (Å²) in [6, 6.07) is 1.74. The van der Waals surface area contributed by atoms with Crippen LogP contribution in [0.15, 0.2) is 40.4 Å². The second-order valence-corrected chi connectivity index (χ2v) is 9.26. The van der Waals surface area contributed by atoms with Crippen LogP contribution in [0.5, 0.6) is 0 Å². The van der Waals surface area contributed by atoms with E-state index >= 15 is 0 Å². The van der Waals surface area contributed by atoms with Crippen LogP contribution >= 0.6 is 23.4 Å². The van der Waals surface area contributed by atoms with E-state index in [9.17, 15) is 9.59 Å². The molecule has 0 unspecified atom stereocenters. The Morgan fingerprint density at radius 3 is 2.91 bits per heavy atom. The normalized spacial score (nSPS) is 19.4. The molecule has 2 N–H and O–H groups in total. The van der Waals surface area contributed by atoms with Gasteiger partial charge in [-0.2, -0.15) is 0 Å². The molecular weight excluding hydrogens is 446 g/mol. The highest BCUT2D eigenvalue weighted by Gasteiger charge is 2.25. The van der Waals surface area contributed by atoms with Gasteiger partial charge in [-0.1, -0.05) is 30.7 Å². The predicted molar refractivity (Wildman–Crippen MR) is 132 cm³/mol. The molecule has 7 nitrogen and oxygen atoms in total. The number of halogens is 1. The van der Waals surface area contributed by atoms with Crippen molar-refractivity contribution < 1.29 is 9.59 Å². The fourth-order valence-electron chi connectivity index (χ4n) is 3.56. The second-order valence-electron chi connectivity index (χ2n) is 7.81. The lowest BCUT2D eigenvalue weighted by atomic mass is 9.97. The summed E-state index contributed by atoms with van der Waals surface area (Å²) in [5.74, 6) is 0.940. The monoisotopic (exact) mass is 475 g/mol. The number of nitrogens with one attached hydrogen (secondary N) is 2. The molecule has 1 aromatic rings. The van der Waals surface area contributed by atoms with Crippen molar-refractivity contribution in [2.75, 3.05) is 31.1 Å². The van der Waals surface area contributed by atoms with Crippen LogP contribution in [0.2, 0.25) is 0 Å². The highest BCUT2D eigenvalue weighted by atomic mass is 35.5. The number of carbonyl (C=O) groups is 2. The zero-order chi connectivity index (χ0) is 22.8. The Morgan fingerprint density at radius 2 is 2.19 bits per heavy atom. The minimum absolute atomic E-state index is 0.351. The lowest BCUT2D eigenvalue weighted by molar-refractivity contribution is -0.115. The van der Waals surface area contributed by atoms with Gasteiger partial charge in [-0.15, -0.1) is 0 Å². The third-order valence-corrected chi connectivity index (χ3v) is 6.42. The first-order chi connectivity index (χ1) is 15.5. The fourth-order valence-corrected chi connectivity index (χ4v) is 4.42. The number of allylic oxidation sites excluding steroid dienone is 4. The lowest BCUT2D eigenvalue weighted by Crippen LogP contribution is -2.38. The third-order valence-electron chi connectivity index (χ3n) is 5.33. The molecule has 3 rings (SSSR count). The Hall–Kier alpha value is -2.16. The molecule has 0 atom stereocenters. The molecule has 2 aliphatic rings. The number of amides is 2. The molecule has 2 amide bonds. The van der Waals surface area contributed by atoms with Gasteiger partial charge in [-0.3, -0.25) is 14.9 Å². The average molecular weight is 476 g/mol. The zero-order valence-electron chi connectivity index (χ0n) is 18.3. The first-order valence-corrected chi connectivity index (χ1v) is 12.3. The largest absolute Gasteiger partial charge is 0.341 e. The molecule has 2 fully saturated rings. The Morgan fingerprint density at radius 1 is 1.38 bits per heavy atom. The van der Waals surface area contributed by atoms with Gasteiger partial charge < -0.3 is 10.2 Å². The number of carbonyl (C=O) groups excluding carboxylic acids is 2. The van der Waals surface area contributed by atoms with Crippen molar-refractivity contribution in [3.8, 4) is 0 Å². The average Bonchev–Trinajstić information content (AvgIpc) is 3.11. The van der Waals surface area contributed by atoms with Crippen molar-refractivity contribution in [3.63, 3.8) is 0 Å².